The Morgan fingerprint density at radius 1 is 1.00 bits per heavy atom. The Kier molecular flexibility index (Phi) is 4.34. The molecular weight excluding hydrogens is 415 g/mol. The topological polar surface area (TPSA) is 17.8 Å². The molecule has 0 fully saturated rings. The molecule has 98 valence electrons. The Bertz CT molecular complexity index is 645. The molecule has 0 aliphatic heterocycles. The van der Waals surface area contributed by atoms with Crippen molar-refractivity contribution < 1.29 is 21.1 Å². The SMILES string of the molecule is Cn1cc(-c2ccccc2)nc1-c1[c-]cccc1.[Pt]. The molecule has 1 heterocycles. The number of imidazole rings is 1. The molecule has 0 spiro atoms. The molecule has 3 aromatic rings. The Labute approximate surface area is 127 Å². The minimum atomic E-state index is 0. The fraction of sp³-hybridized carbons (Fsp3) is 0.0625. The van der Waals surface area contributed by atoms with Crippen LogP contribution < -0.4 is 0 Å². The number of aromatic nitrogens is 2. The summed E-state index contributed by atoms with van der Waals surface area (Å²) in [5, 5.41) is 0. The summed E-state index contributed by atoms with van der Waals surface area (Å²) in [7, 11) is 2.01. The van der Waals surface area contributed by atoms with Crippen LogP contribution in [0.5, 0.6) is 0 Å². The third kappa shape index (κ3) is 2.85. The van der Waals surface area contributed by atoms with E-state index in [9.17, 15) is 0 Å². The number of benzene rings is 2. The zero-order chi connectivity index (χ0) is 12.4. The maximum absolute atomic E-state index is 4.68. The van der Waals surface area contributed by atoms with Crippen molar-refractivity contribution in [3.8, 4) is 22.6 Å². The van der Waals surface area contributed by atoms with Crippen LogP contribution >= 0.6 is 0 Å². The van der Waals surface area contributed by atoms with Gasteiger partial charge in [-0.05, 0) is 0 Å². The molecule has 0 amide bonds. The van der Waals surface area contributed by atoms with Gasteiger partial charge in [-0.1, -0.05) is 30.3 Å². The van der Waals surface area contributed by atoms with Crippen LogP contribution in [-0.4, -0.2) is 9.55 Å². The third-order valence-electron chi connectivity index (χ3n) is 2.90. The van der Waals surface area contributed by atoms with Crippen LogP contribution in [0.4, 0.5) is 0 Å². The Hall–Kier alpha value is -1.66. The number of hydrogen-bond donors (Lipinski definition) is 0. The minimum absolute atomic E-state index is 0. The van der Waals surface area contributed by atoms with Crippen molar-refractivity contribution in [2.75, 3.05) is 0 Å². The maximum Gasteiger partial charge on any atom is 0.0768 e. The van der Waals surface area contributed by atoms with Crippen molar-refractivity contribution in [3.05, 3.63) is 66.9 Å². The van der Waals surface area contributed by atoms with Crippen LogP contribution in [0.3, 0.4) is 0 Å². The number of rotatable bonds is 2. The van der Waals surface area contributed by atoms with E-state index in [2.05, 4.69) is 23.2 Å². The molecule has 0 saturated carbocycles. The smallest absolute Gasteiger partial charge is 0.0768 e. The molecule has 3 rings (SSSR count). The van der Waals surface area contributed by atoms with E-state index in [4.69, 9.17) is 0 Å². The third-order valence-corrected chi connectivity index (χ3v) is 2.90. The first-order valence-corrected chi connectivity index (χ1v) is 5.90. The number of aryl methyl sites for hydroxylation is 1. The fourth-order valence-electron chi connectivity index (χ4n) is 2.00. The van der Waals surface area contributed by atoms with Gasteiger partial charge in [0.05, 0.1) is 11.5 Å². The van der Waals surface area contributed by atoms with Crippen molar-refractivity contribution in [3.63, 3.8) is 0 Å². The molecule has 0 unspecified atom stereocenters. The van der Waals surface area contributed by atoms with Gasteiger partial charge in [0, 0.05) is 39.9 Å². The molecule has 0 N–H and O–H groups in total. The monoisotopic (exact) mass is 428 g/mol. The van der Waals surface area contributed by atoms with Crippen LogP contribution in [-0.2, 0) is 28.1 Å². The molecule has 2 nitrogen and oxygen atoms in total. The van der Waals surface area contributed by atoms with E-state index in [0.29, 0.717) is 0 Å². The summed E-state index contributed by atoms with van der Waals surface area (Å²) in [5.41, 5.74) is 3.14. The Balaban J connectivity index is 0.00000133. The second-order valence-electron chi connectivity index (χ2n) is 4.20. The van der Waals surface area contributed by atoms with Gasteiger partial charge in [0.25, 0.3) is 0 Å². The van der Waals surface area contributed by atoms with Crippen LogP contribution in [0.25, 0.3) is 22.6 Å². The molecule has 19 heavy (non-hydrogen) atoms. The van der Waals surface area contributed by atoms with Crippen LogP contribution in [0.2, 0.25) is 0 Å². The van der Waals surface area contributed by atoms with Crippen molar-refractivity contribution in [1.82, 2.24) is 9.55 Å². The van der Waals surface area contributed by atoms with Crippen LogP contribution in [0, 0.1) is 6.07 Å². The van der Waals surface area contributed by atoms with Gasteiger partial charge in [0.2, 0.25) is 0 Å². The van der Waals surface area contributed by atoms with Crippen molar-refractivity contribution >= 4 is 0 Å². The Morgan fingerprint density at radius 2 is 1.74 bits per heavy atom. The van der Waals surface area contributed by atoms with Gasteiger partial charge in [0.1, 0.15) is 0 Å². The average molecular weight is 428 g/mol. The summed E-state index contributed by atoms with van der Waals surface area (Å²) in [4.78, 5) is 4.68. The number of nitrogens with zero attached hydrogens (tertiary/aromatic N) is 2. The van der Waals surface area contributed by atoms with E-state index in [-0.39, 0.29) is 21.1 Å². The van der Waals surface area contributed by atoms with Crippen LogP contribution in [0.1, 0.15) is 0 Å². The predicted octanol–water partition coefficient (Wildman–Crippen LogP) is 3.55. The van der Waals surface area contributed by atoms with E-state index in [1.807, 2.05) is 60.3 Å². The van der Waals surface area contributed by atoms with E-state index in [1.54, 1.807) is 0 Å². The molecule has 0 atom stereocenters. The summed E-state index contributed by atoms with van der Waals surface area (Å²) in [6, 6.07) is 21.3. The maximum atomic E-state index is 4.68. The molecule has 0 aliphatic rings. The Morgan fingerprint density at radius 3 is 2.42 bits per heavy atom. The summed E-state index contributed by atoms with van der Waals surface area (Å²) in [6.07, 6.45) is 2.05. The first kappa shape index (κ1) is 13.8. The summed E-state index contributed by atoms with van der Waals surface area (Å²) in [6.45, 7) is 0. The van der Waals surface area contributed by atoms with Crippen molar-refractivity contribution in [1.29, 1.82) is 0 Å². The second kappa shape index (κ2) is 5.99. The number of hydrogen-bond acceptors (Lipinski definition) is 1. The zero-order valence-electron chi connectivity index (χ0n) is 10.5. The molecule has 0 saturated heterocycles. The predicted molar refractivity (Wildman–Crippen MR) is 72.9 cm³/mol. The summed E-state index contributed by atoms with van der Waals surface area (Å²) < 4.78 is 2.04. The van der Waals surface area contributed by atoms with Gasteiger partial charge < -0.3 is 4.57 Å². The van der Waals surface area contributed by atoms with Crippen molar-refractivity contribution in [2.45, 2.75) is 0 Å². The van der Waals surface area contributed by atoms with E-state index in [0.717, 1.165) is 22.6 Å². The van der Waals surface area contributed by atoms with Crippen molar-refractivity contribution in [2.24, 2.45) is 7.05 Å². The normalized spacial score (nSPS) is 9.95. The van der Waals surface area contributed by atoms with Crippen LogP contribution in [0.15, 0.2) is 60.8 Å². The fourth-order valence-corrected chi connectivity index (χ4v) is 2.00. The minimum Gasteiger partial charge on any atom is -0.373 e. The molecule has 0 bridgehead atoms. The van der Waals surface area contributed by atoms with Gasteiger partial charge in [-0.25, -0.2) is 0 Å². The first-order valence-electron chi connectivity index (χ1n) is 5.90. The van der Waals surface area contributed by atoms with E-state index >= 15 is 0 Å². The van der Waals surface area contributed by atoms with Gasteiger partial charge in [-0.3, -0.25) is 4.98 Å². The molecular formula is C16H13N2Pt-. The quantitative estimate of drug-likeness (QED) is 0.571. The van der Waals surface area contributed by atoms with E-state index < -0.39 is 0 Å². The van der Waals surface area contributed by atoms with Gasteiger partial charge >= 0.3 is 0 Å². The largest absolute Gasteiger partial charge is 0.373 e. The van der Waals surface area contributed by atoms with Gasteiger partial charge in [-0.15, -0.1) is 35.9 Å². The molecule has 3 heteroatoms. The van der Waals surface area contributed by atoms with Gasteiger partial charge in [-0.2, -0.15) is 0 Å². The summed E-state index contributed by atoms with van der Waals surface area (Å²) in [5.74, 6) is 0.939. The van der Waals surface area contributed by atoms with E-state index in [1.165, 1.54) is 0 Å². The summed E-state index contributed by atoms with van der Waals surface area (Å²) >= 11 is 0. The molecule has 1 aromatic heterocycles. The molecule has 0 radical (unpaired) electrons. The molecule has 2 aromatic carbocycles. The van der Waals surface area contributed by atoms with Gasteiger partial charge in [0.15, 0.2) is 0 Å². The standard InChI is InChI=1S/C16H13N2.Pt/c1-18-12-15(13-8-4-2-5-9-13)17-16(18)14-10-6-3-7-11-14;/h2-10,12H,1H3;/q-1;. The average Bonchev–Trinajstić information content (AvgIpc) is 2.83. The zero-order valence-corrected chi connectivity index (χ0v) is 12.8. The first-order chi connectivity index (χ1) is 8.84. The molecule has 0 aliphatic carbocycles. The second-order valence-corrected chi connectivity index (χ2v) is 4.20.